The number of hydrogen-bond donors (Lipinski definition) is 1. The molecule has 0 amide bonds. The number of fused-ring (bicyclic) bond motifs is 2. The van der Waals surface area contributed by atoms with Crippen molar-refractivity contribution in [1.29, 1.82) is 0 Å². The second-order valence-electron chi connectivity index (χ2n) is 6.62. The highest BCUT2D eigenvalue weighted by Gasteiger charge is 2.16. The Bertz CT molecular complexity index is 1250. The lowest BCUT2D eigenvalue weighted by Gasteiger charge is -2.05. The van der Waals surface area contributed by atoms with Crippen molar-refractivity contribution in [2.24, 2.45) is 0 Å². The molecule has 0 spiro atoms. The molecule has 138 valence electrons. The highest BCUT2D eigenvalue weighted by Crippen LogP contribution is 2.29. The van der Waals surface area contributed by atoms with E-state index in [9.17, 15) is 0 Å². The van der Waals surface area contributed by atoms with Gasteiger partial charge in [-0.2, -0.15) is 5.10 Å². The van der Waals surface area contributed by atoms with Crippen LogP contribution < -0.4 is 4.74 Å². The number of methoxy groups -OCH3 is 1. The van der Waals surface area contributed by atoms with Gasteiger partial charge in [0.15, 0.2) is 5.82 Å². The standard InChI is InChI=1S/C22H17IN4O/c1-28-16-9-6-14(7-10-16)13-27-20-11-8-15(23)12-17(20)21(26-27)22-24-18-4-2-3-5-19(18)25-22/h2-12H,13H2,1H3,(H,24,25). The summed E-state index contributed by atoms with van der Waals surface area (Å²) in [5.74, 6) is 1.65. The Labute approximate surface area is 175 Å². The van der Waals surface area contributed by atoms with Crippen molar-refractivity contribution in [2.75, 3.05) is 7.11 Å². The molecule has 0 aliphatic rings. The van der Waals surface area contributed by atoms with E-state index in [1.165, 1.54) is 9.13 Å². The normalized spacial score (nSPS) is 11.4. The number of nitrogens with one attached hydrogen (secondary N) is 1. The molecule has 1 N–H and O–H groups in total. The summed E-state index contributed by atoms with van der Waals surface area (Å²) in [4.78, 5) is 8.17. The minimum atomic E-state index is 0.682. The highest BCUT2D eigenvalue weighted by molar-refractivity contribution is 14.1. The summed E-state index contributed by atoms with van der Waals surface area (Å²) < 4.78 is 8.47. The van der Waals surface area contributed by atoms with Gasteiger partial charge in [0.25, 0.3) is 0 Å². The maximum Gasteiger partial charge on any atom is 0.159 e. The van der Waals surface area contributed by atoms with Crippen LogP contribution in [0.25, 0.3) is 33.5 Å². The SMILES string of the molecule is COc1ccc(Cn2nc(-c3nc4ccccc4[nH]3)c3cc(I)ccc32)cc1. The first-order valence-electron chi connectivity index (χ1n) is 8.95. The molecule has 5 aromatic rings. The highest BCUT2D eigenvalue weighted by atomic mass is 127. The number of para-hydroxylation sites is 2. The summed E-state index contributed by atoms with van der Waals surface area (Å²) >= 11 is 2.34. The maximum absolute atomic E-state index is 5.26. The van der Waals surface area contributed by atoms with Crippen molar-refractivity contribution in [3.8, 4) is 17.3 Å². The third-order valence-corrected chi connectivity index (χ3v) is 5.49. The van der Waals surface area contributed by atoms with Crippen LogP contribution in [0.15, 0.2) is 66.7 Å². The van der Waals surface area contributed by atoms with E-state index in [1.54, 1.807) is 7.11 Å². The summed E-state index contributed by atoms with van der Waals surface area (Å²) in [5.41, 5.74) is 5.09. The number of imidazole rings is 1. The maximum atomic E-state index is 5.26. The van der Waals surface area contributed by atoms with Crippen LogP contribution in [-0.4, -0.2) is 26.9 Å². The molecule has 0 saturated heterocycles. The molecule has 28 heavy (non-hydrogen) atoms. The second-order valence-corrected chi connectivity index (χ2v) is 7.86. The van der Waals surface area contributed by atoms with Gasteiger partial charge in [0, 0.05) is 8.96 Å². The number of nitrogens with zero attached hydrogens (tertiary/aromatic N) is 3. The third-order valence-electron chi connectivity index (χ3n) is 4.82. The zero-order valence-electron chi connectivity index (χ0n) is 15.2. The van der Waals surface area contributed by atoms with Crippen molar-refractivity contribution >= 4 is 44.5 Å². The molecule has 0 bridgehead atoms. The monoisotopic (exact) mass is 480 g/mol. The van der Waals surface area contributed by atoms with Gasteiger partial charge < -0.3 is 9.72 Å². The molecule has 0 radical (unpaired) electrons. The fraction of sp³-hybridized carbons (Fsp3) is 0.0909. The van der Waals surface area contributed by atoms with Gasteiger partial charge in [0.1, 0.15) is 11.4 Å². The van der Waals surface area contributed by atoms with Crippen molar-refractivity contribution in [2.45, 2.75) is 6.54 Å². The Morgan fingerprint density at radius 2 is 1.86 bits per heavy atom. The number of ether oxygens (including phenoxy) is 1. The van der Waals surface area contributed by atoms with E-state index in [1.807, 2.05) is 41.1 Å². The smallest absolute Gasteiger partial charge is 0.159 e. The number of aromatic nitrogens is 4. The van der Waals surface area contributed by atoms with Gasteiger partial charge in [0.2, 0.25) is 0 Å². The average molecular weight is 480 g/mol. The molecule has 3 aromatic carbocycles. The molecule has 0 aliphatic heterocycles. The van der Waals surface area contributed by atoms with E-state index in [4.69, 9.17) is 14.8 Å². The Balaban J connectivity index is 1.63. The van der Waals surface area contributed by atoms with Gasteiger partial charge in [0.05, 0.1) is 30.2 Å². The van der Waals surface area contributed by atoms with Crippen LogP contribution in [0.3, 0.4) is 0 Å². The van der Waals surface area contributed by atoms with Crippen LogP contribution in [0.2, 0.25) is 0 Å². The first-order valence-corrected chi connectivity index (χ1v) is 10.0. The Hall–Kier alpha value is -2.87. The first kappa shape index (κ1) is 17.2. The molecule has 0 fully saturated rings. The van der Waals surface area contributed by atoms with Crippen LogP contribution in [0, 0.1) is 3.57 Å². The number of rotatable bonds is 4. The van der Waals surface area contributed by atoms with Gasteiger partial charge in [-0.1, -0.05) is 24.3 Å². The van der Waals surface area contributed by atoms with Gasteiger partial charge in [-0.05, 0) is 70.6 Å². The fourth-order valence-electron chi connectivity index (χ4n) is 3.42. The molecule has 0 aliphatic carbocycles. The van der Waals surface area contributed by atoms with Crippen LogP contribution in [-0.2, 0) is 6.54 Å². The van der Waals surface area contributed by atoms with Crippen molar-refractivity contribution in [3.63, 3.8) is 0 Å². The van der Waals surface area contributed by atoms with Crippen LogP contribution in [0.1, 0.15) is 5.56 Å². The lowest BCUT2D eigenvalue weighted by atomic mass is 10.2. The zero-order valence-corrected chi connectivity index (χ0v) is 17.3. The van der Waals surface area contributed by atoms with E-state index in [0.717, 1.165) is 39.2 Å². The molecule has 6 heteroatoms. The summed E-state index contributed by atoms with van der Waals surface area (Å²) in [6.07, 6.45) is 0. The summed E-state index contributed by atoms with van der Waals surface area (Å²) in [5, 5.41) is 6.02. The molecule has 5 nitrogen and oxygen atoms in total. The molecule has 2 aromatic heterocycles. The largest absolute Gasteiger partial charge is 0.497 e. The number of hydrogen-bond acceptors (Lipinski definition) is 3. The van der Waals surface area contributed by atoms with Crippen LogP contribution in [0.4, 0.5) is 0 Å². The Kier molecular flexibility index (Phi) is 4.27. The Morgan fingerprint density at radius 3 is 2.64 bits per heavy atom. The van der Waals surface area contributed by atoms with Gasteiger partial charge >= 0.3 is 0 Å². The molecule has 0 atom stereocenters. The average Bonchev–Trinajstić information content (AvgIpc) is 3.30. The minimum absolute atomic E-state index is 0.682. The summed E-state index contributed by atoms with van der Waals surface area (Å²) in [6.45, 7) is 0.682. The van der Waals surface area contributed by atoms with E-state index in [0.29, 0.717) is 6.54 Å². The van der Waals surface area contributed by atoms with Crippen molar-refractivity contribution in [3.05, 3.63) is 75.9 Å². The first-order chi connectivity index (χ1) is 13.7. The molecular formula is C22H17IN4O. The Morgan fingerprint density at radius 1 is 1.04 bits per heavy atom. The predicted molar refractivity (Wildman–Crippen MR) is 120 cm³/mol. The zero-order chi connectivity index (χ0) is 19.1. The van der Waals surface area contributed by atoms with Gasteiger partial charge in [-0.25, -0.2) is 4.98 Å². The molecular weight excluding hydrogens is 463 g/mol. The second kappa shape index (κ2) is 6.94. The van der Waals surface area contributed by atoms with Crippen molar-refractivity contribution in [1.82, 2.24) is 19.7 Å². The van der Waals surface area contributed by atoms with Gasteiger partial charge in [-0.3, -0.25) is 4.68 Å². The topological polar surface area (TPSA) is 55.7 Å². The van der Waals surface area contributed by atoms with E-state index in [-0.39, 0.29) is 0 Å². The van der Waals surface area contributed by atoms with E-state index < -0.39 is 0 Å². The van der Waals surface area contributed by atoms with Gasteiger partial charge in [-0.15, -0.1) is 0 Å². The predicted octanol–water partition coefficient (Wildman–Crippen LogP) is 5.24. The van der Waals surface area contributed by atoms with E-state index in [2.05, 4.69) is 57.9 Å². The van der Waals surface area contributed by atoms with Crippen LogP contribution >= 0.6 is 22.6 Å². The van der Waals surface area contributed by atoms with Crippen LogP contribution in [0.5, 0.6) is 5.75 Å². The number of aromatic amines is 1. The van der Waals surface area contributed by atoms with Crippen molar-refractivity contribution < 1.29 is 4.74 Å². The third kappa shape index (κ3) is 3.03. The number of benzene rings is 3. The number of H-pyrrole nitrogens is 1. The molecule has 0 saturated carbocycles. The molecule has 5 rings (SSSR count). The summed E-state index contributed by atoms with van der Waals surface area (Å²) in [7, 11) is 1.68. The molecule has 2 heterocycles. The fourth-order valence-corrected chi connectivity index (χ4v) is 3.91. The number of halogens is 1. The summed E-state index contributed by atoms with van der Waals surface area (Å²) in [6, 6.07) is 22.5. The lowest BCUT2D eigenvalue weighted by molar-refractivity contribution is 0.414. The lowest BCUT2D eigenvalue weighted by Crippen LogP contribution is -2.02. The minimum Gasteiger partial charge on any atom is -0.497 e. The molecule has 0 unspecified atom stereocenters. The van der Waals surface area contributed by atoms with E-state index >= 15 is 0 Å². The quantitative estimate of drug-likeness (QED) is 0.358.